The third-order valence-electron chi connectivity index (χ3n) is 5.81. The molecule has 2 aromatic carbocycles. The number of benzene rings is 2. The second kappa shape index (κ2) is 7.94. The van der Waals surface area contributed by atoms with Gasteiger partial charge in [-0.25, -0.2) is 4.79 Å². The first kappa shape index (κ1) is 19.0. The van der Waals surface area contributed by atoms with Crippen molar-refractivity contribution < 1.29 is 19.4 Å². The summed E-state index contributed by atoms with van der Waals surface area (Å²) < 4.78 is 11.2. The summed E-state index contributed by atoms with van der Waals surface area (Å²) in [6.45, 7) is 2.73. The standard InChI is InChI=1S/C23H27NO4/c1-23(26,21-12-6-7-13-27-21)15-24-22(25)28-14-20-18-10-4-2-8-16(18)17-9-3-5-11-19(17)20/h2-5,8-11,20-21,26H,6-7,12-15H2,1H3,(H,24,25). The minimum atomic E-state index is -1.11. The topological polar surface area (TPSA) is 67.8 Å². The fourth-order valence-corrected chi connectivity index (χ4v) is 4.25. The molecule has 0 spiro atoms. The second-order valence-electron chi connectivity index (χ2n) is 7.89. The summed E-state index contributed by atoms with van der Waals surface area (Å²) in [6, 6.07) is 16.5. The number of carbonyl (C=O) groups excluding carboxylic acids is 1. The molecule has 1 saturated heterocycles. The van der Waals surface area contributed by atoms with Crippen LogP contribution in [0.1, 0.15) is 43.2 Å². The van der Waals surface area contributed by atoms with Crippen LogP contribution in [0.3, 0.4) is 0 Å². The molecule has 0 aromatic heterocycles. The largest absolute Gasteiger partial charge is 0.449 e. The second-order valence-corrected chi connectivity index (χ2v) is 7.89. The first-order valence-electron chi connectivity index (χ1n) is 9.99. The zero-order valence-corrected chi connectivity index (χ0v) is 16.2. The average molecular weight is 381 g/mol. The van der Waals surface area contributed by atoms with Gasteiger partial charge in [0, 0.05) is 12.5 Å². The highest BCUT2D eigenvalue weighted by Crippen LogP contribution is 2.44. The van der Waals surface area contributed by atoms with E-state index in [4.69, 9.17) is 9.47 Å². The predicted molar refractivity (Wildman–Crippen MR) is 107 cm³/mol. The third-order valence-corrected chi connectivity index (χ3v) is 5.81. The van der Waals surface area contributed by atoms with E-state index in [1.54, 1.807) is 6.92 Å². The van der Waals surface area contributed by atoms with Gasteiger partial charge < -0.3 is 19.9 Å². The van der Waals surface area contributed by atoms with Gasteiger partial charge in [-0.1, -0.05) is 48.5 Å². The maximum Gasteiger partial charge on any atom is 0.407 e. The summed E-state index contributed by atoms with van der Waals surface area (Å²) in [5.74, 6) is 0.0281. The maximum absolute atomic E-state index is 12.3. The van der Waals surface area contributed by atoms with Crippen molar-refractivity contribution in [2.24, 2.45) is 0 Å². The van der Waals surface area contributed by atoms with Crippen molar-refractivity contribution in [3.63, 3.8) is 0 Å². The van der Waals surface area contributed by atoms with E-state index in [9.17, 15) is 9.90 Å². The van der Waals surface area contributed by atoms with Gasteiger partial charge >= 0.3 is 6.09 Å². The van der Waals surface area contributed by atoms with Gasteiger partial charge in [-0.15, -0.1) is 0 Å². The Morgan fingerprint density at radius 1 is 1.14 bits per heavy atom. The first-order valence-corrected chi connectivity index (χ1v) is 9.99. The molecule has 28 heavy (non-hydrogen) atoms. The smallest absolute Gasteiger partial charge is 0.407 e. The Balaban J connectivity index is 1.36. The molecule has 0 saturated carbocycles. The van der Waals surface area contributed by atoms with E-state index in [-0.39, 0.29) is 25.2 Å². The highest BCUT2D eigenvalue weighted by Gasteiger charge is 2.35. The Morgan fingerprint density at radius 3 is 2.39 bits per heavy atom. The average Bonchev–Trinajstić information content (AvgIpc) is 3.05. The van der Waals surface area contributed by atoms with Gasteiger partial charge in [0.2, 0.25) is 0 Å². The van der Waals surface area contributed by atoms with Gasteiger partial charge in [0.25, 0.3) is 0 Å². The van der Waals surface area contributed by atoms with Gasteiger partial charge in [-0.2, -0.15) is 0 Å². The molecule has 5 heteroatoms. The molecule has 1 amide bonds. The summed E-state index contributed by atoms with van der Waals surface area (Å²) in [7, 11) is 0. The Morgan fingerprint density at radius 2 is 1.79 bits per heavy atom. The van der Waals surface area contributed by atoms with Crippen molar-refractivity contribution in [1.29, 1.82) is 0 Å². The Labute approximate surface area is 165 Å². The maximum atomic E-state index is 12.3. The van der Waals surface area contributed by atoms with E-state index < -0.39 is 11.7 Å². The van der Waals surface area contributed by atoms with Crippen molar-refractivity contribution >= 4 is 6.09 Å². The minimum absolute atomic E-state index is 0.0281. The third kappa shape index (κ3) is 3.77. The molecule has 2 aromatic rings. The number of hydrogen-bond acceptors (Lipinski definition) is 4. The van der Waals surface area contributed by atoms with Crippen LogP contribution >= 0.6 is 0 Å². The van der Waals surface area contributed by atoms with Crippen molar-refractivity contribution in [1.82, 2.24) is 5.32 Å². The lowest BCUT2D eigenvalue weighted by molar-refractivity contribution is -0.115. The van der Waals surface area contributed by atoms with Crippen molar-refractivity contribution in [2.45, 2.75) is 43.8 Å². The molecule has 2 unspecified atom stereocenters. The summed E-state index contributed by atoms with van der Waals surface area (Å²) >= 11 is 0. The summed E-state index contributed by atoms with van der Waals surface area (Å²) in [5.41, 5.74) is 3.65. The molecule has 1 fully saturated rings. The van der Waals surface area contributed by atoms with Gasteiger partial charge in [0.15, 0.2) is 0 Å². The van der Waals surface area contributed by atoms with Gasteiger partial charge in [-0.3, -0.25) is 0 Å². The summed E-state index contributed by atoms with van der Waals surface area (Å²) in [4.78, 5) is 12.3. The van der Waals surface area contributed by atoms with Crippen LogP contribution in [0, 0.1) is 0 Å². The molecule has 1 aliphatic carbocycles. The Bertz CT molecular complexity index is 797. The number of nitrogens with one attached hydrogen (secondary N) is 1. The van der Waals surface area contributed by atoms with Crippen LogP contribution < -0.4 is 5.32 Å². The predicted octanol–water partition coefficient (Wildman–Crippen LogP) is 3.85. The monoisotopic (exact) mass is 381 g/mol. The normalized spacial score (nSPS) is 20.7. The van der Waals surface area contributed by atoms with E-state index in [1.807, 2.05) is 24.3 Å². The lowest BCUT2D eigenvalue weighted by Gasteiger charge is -2.35. The van der Waals surface area contributed by atoms with Gasteiger partial charge in [-0.05, 0) is 48.4 Å². The molecule has 0 bridgehead atoms. The van der Waals surface area contributed by atoms with E-state index in [0.717, 1.165) is 19.3 Å². The van der Waals surface area contributed by atoms with Crippen LogP contribution in [0.5, 0.6) is 0 Å². The lowest BCUT2D eigenvalue weighted by Crippen LogP contribution is -2.51. The van der Waals surface area contributed by atoms with E-state index in [2.05, 4.69) is 29.6 Å². The van der Waals surface area contributed by atoms with Crippen LogP contribution in [0.2, 0.25) is 0 Å². The van der Waals surface area contributed by atoms with Crippen LogP contribution in [0.4, 0.5) is 4.79 Å². The van der Waals surface area contributed by atoms with Crippen LogP contribution in [-0.2, 0) is 9.47 Å². The molecule has 0 radical (unpaired) electrons. The highest BCUT2D eigenvalue weighted by atomic mass is 16.5. The van der Waals surface area contributed by atoms with Gasteiger partial charge in [0.1, 0.15) is 12.2 Å². The molecule has 2 aliphatic rings. The fraction of sp³-hybridized carbons (Fsp3) is 0.435. The molecule has 1 heterocycles. The summed E-state index contributed by atoms with van der Waals surface area (Å²) in [6.07, 6.45) is 2.09. The Hall–Kier alpha value is -2.37. The number of alkyl carbamates (subject to hydrolysis) is 1. The van der Waals surface area contributed by atoms with Gasteiger partial charge in [0.05, 0.1) is 12.6 Å². The molecule has 5 nitrogen and oxygen atoms in total. The molecule has 2 N–H and O–H groups in total. The van der Waals surface area contributed by atoms with E-state index in [0.29, 0.717) is 6.61 Å². The zero-order valence-electron chi connectivity index (χ0n) is 16.2. The number of hydrogen-bond donors (Lipinski definition) is 2. The Kier molecular flexibility index (Phi) is 5.38. The molecule has 148 valence electrons. The molecule has 4 rings (SSSR count). The van der Waals surface area contributed by atoms with E-state index >= 15 is 0 Å². The SMILES string of the molecule is CC(O)(CNC(=O)OCC1c2ccccc2-c2ccccc21)C1CCCCO1. The zero-order chi connectivity index (χ0) is 19.6. The van der Waals surface area contributed by atoms with Crippen LogP contribution in [0.25, 0.3) is 11.1 Å². The van der Waals surface area contributed by atoms with Crippen molar-refractivity contribution in [3.8, 4) is 11.1 Å². The minimum Gasteiger partial charge on any atom is -0.449 e. The number of fused-ring (bicyclic) bond motifs is 3. The molecule has 2 atom stereocenters. The number of ether oxygens (including phenoxy) is 2. The molecular weight excluding hydrogens is 354 g/mol. The van der Waals surface area contributed by atoms with Crippen molar-refractivity contribution in [2.75, 3.05) is 19.8 Å². The summed E-state index contributed by atoms with van der Waals surface area (Å²) in [5, 5.41) is 13.3. The van der Waals surface area contributed by atoms with Crippen LogP contribution in [-0.4, -0.2) is 42.7 Å². The van der Waals surface area contributed by atoms with Crippen molar-refractivity contribution in [3.05, 3.63) is 59.7 Å². The highest BCUT2D eigenvalue weighted by molar-refractivity contribution is 5.79. The molecular formula is C23H27NO4. The number of carbonyl (C=O) groups is 1. The first-order chi connectivity index (χ1) is 13.6. The number of amides is 1. The number of aliphatic hydroxyl groups is 1. The van der Waals surface area contributed by atoms with Crippen LogP contribution in [0.15, 0.2) is 48.5 Å². The van der Waals surface area contributed by atoms with E-state index in [1.165, 1.54) is 22.3 Å². The molecule has 1 aliphatic heterocycles. The fourth-order valence-electron chi connectivity index (χ4n) is 4.25. The quantitative estimate of drug-likeness (QED) is 0.826. The number of rotatable bonds is 5. The lowest BCUT2D eigenvalue weighted by atomic mass is 9.93.